The highest BCUT2D eigenvalue weighted by molar-refractivity contribution is 9.10. The van der Waals surface area contributed by atoms with Gasteiger partial charge in [-0.25, -0.2) is 4.98 Å². The highest BCUT2D eigenvalue weighted by atomic mass is 79.9. The third kappa shape index (κ3) is 1.53. The van der Waals surface area contributed by atoms with Gasteiger partial charge in [0.05, 0.1) is 11.8 Å². The van der Waals surface area contributed by atoms with Gasteiger partial charge < -0.3 is 4.42 Å². The number of fused-ring (bicyclic) bond motifs is 1. The molecule has 0 amide bonds. The summed E-state index contributed by atoms with van der Waals surface area (Å²) in [7, 11) is 0. The van der Waals surface area contributed by atoms with Crippen LogP contribution in [0.25, 0.3) is 22.4 Å². The van der Waals surface area contributed by atoms with Gasteiger partial charge in [-0.3, -0.25) is 0 Å². The van der Waals surface area contributed by atoms with Gasteiger partial charge >= 0.3 is 0 Å². The van der Waals surface area contributed by atoms with Crippen LogP contribution in [0.2, 0.25) is 0 Å². The monoisotopic (exact) mass is 273 g/mol. The molecule has 16 heavy (non-hydrogen) atoms. The molecule has 2 nitrogen and oxygen atoms in total. The first-order chi connectivity index (χ1) is 7.84. The second-order valence-corrected chi connectivity index (χ2v) is 4.34. The van der Waals surface area contributed by atoms with E-state index < -0.39 is 0 Å². The van der Waals surface area contributed by atoms with Crippen LogP contribution >= 0.6 is 15.9 Å². The molecule has 78 valence electrons. The van der Waals surface area contributed by atoms with Crippen LogP contribution in [0.4, 0.5) is 0 Å². The Morgan fingerprint density at radius 2 is 1.94 bits per heavy atom. The number of halogens is 1. The molecule has 0 bridgehead atoms. The number of benzene rings is 1. The quantitative estimate of drug-likeness (QED) is 0.662. The van der Waals surface area contributed by atoms with Crippen LogP contribution in [0.5, 0.6) is 0 Å². The van der Waals surface area contributed by atoms with E-state index in [4.69, 9.17) is 4.42 Å². The largest absolute Gasteiger partial charge is 0.463 e. The third-order valence-corrected chi connectivity index (χ3v) is 3.04. The second-order valence-electron chi connectivity index (χ2n) is 3.49. The Hall–Kier alpha value is -1.61. The van der Waals surface area contributed by atoms with Crippen LogP contribution in [-0.2, 0) is 0 Å². The van der Waals surface area contributed by atoms with Gasteiger partial charge in [0.25, 0.3) is 0 Å². The van der Waals surface area contributed by atoms with Crippen molar-refractivity contribution in [3.63, 3.8) is 0 Å². The second kappa shape index (κ2) is 3.76. The Morgan fingerprint density at radius 3 is 2.75 bits per heavy atom. The molecule has 3 aromatic rings. The van der Waals surface area contributed by atoms with Crippen LogP contribution in [0.3, 0.4) is 0 Å². The fraction of sp³-hybridized carbons (Fsp3) is 0. The number of hydrogen-bond donors (Lipinski definition) is 0. The lowest BCUT2D eigenvalue weighted by Crippen LogP contribution is -1.85. The topological polar surface area (TPSA) is 26.0 Å². The van der Waals surface area contributed by atoms with Crippen LogP contribution in [0.1, 0.15) is 0 Å². The Morgan fingerprint density at radius 1 is 1.06 bits per heavy atom. The zero-order valence-electron chi connectivity index (χ0n) is 8.35. The van der Waals surface area contributed by atoms with Gasteiger partial charge in [0, 0.05) is 9.86 Å². The van der Waals surface area contributed by atoms with E-state index in [1.54, 1.807) is 6.26 Å². The van der Waals surface area contributed by atoms with Crippen LogP contribution in [-0.4, -0.2) is 4.98 Å². The average Bonchev–Trinajstić information content (AvgIpc) is 2.81. The highest BCUT2D eigenvalue weighted by Crippen LogP contribution is 2.29. The van der Waals surface area contributed by atoms with Crippen molar-refractivity contribution >= 4 is 26.8 Å². The first-order valence-electron chi connectivity index (χ1n) is 4.94. The molecule has 0 atom stereocenters. The maximum atomic E-state index is 5.36. The van der Waals surface area contributed by atoms with Crippen LogP contribution in [0.15, 0.2) is 57.6 Å². The number of hydrogen-bond acceptors (Lipinski definition) is 2. The lowest BCUT2D eigenvalue weighted by Gasteiger charge is -2.03. The normalized spacial score (nSPS) is 10.8. The fourth-order valence-corrected chi connectivity index (χ4v) is 2.21. The molecule has 0 spiro atoms. The summed E-state index contributed by atoms with van der Waals surface area (Å²) in [5, 5.41) is 1.12. The predicted octanol–water partition coefficient (Wildman–Crippen LogP) is 4.26. The van der Waals surface area contributed by atoms with Crippen LogP contribution in [0, 0.1) is 0 Å². The van der Waals surface area contributed by atoms with E-state index in [0.717, 1.165) is 26.8 Å². The summed E-state index contributed by atoms with van der Waals surface area (Å²) in [6.07, 6.45) is 1.65. The van der Waals surface area contributed by atoms with Crippen molar-refractivity contribution < 1.29 is 4.42 Å². The molecule has 0 aliphatic carbocycles. The lowest BCUT2D eigenvalue weighted by molar-refractivity contribution is 0.580. The molecule has 0 saturated heterocycles. The lowest BCUT2D eigenvalue weighted by atomic mass is 10.2. The maximum Gasteiger partial charge on any atom is 0.153 e. The van der Waals surface area contributed by atoms with Gasteiger partial charge in [-0.15, -0.1) is 0 Å². The fourth-order valence-electron chi connectivity index (χ4n) is 1.68. The van der Waals surface area contributed by atoms with Gasteiger partial charge in [-0.1, -0.05) is 18.2 Å². The standard InChI is InChI=1S/C13H8BrNO/c14-10-8-9-4-1-2-5-11(9)15-13(10)12-6-3-7-16-12/h1-8H. The minimum atomic E-state index is 0.776. The molecular weight excluding hydrogens is 266 g/mol. The first kappa shape index (κ1) is 9.60. The van der Waals surface area contributed by atoms with Crippen molar-refractivity contribution in [2.24, 2.45) is 0 Å². The maximum absolute atomic E-state index is 5.36. The highest BCUT2D eigenvalue weighted by Gasteiger charge is 2.08. The van der Waals surface area contributed by atoms with Gasteiger partial charge in [0.15, 0.2) is 5.76 Å². The molecular formula is C13H8BrNO. The number of rotatable bonds is 1. The van der Waals surface area contributed by atoms with E-state index in [1.165, 1.54) is 0 Å². The summed E-state index contributed by atoms with van der Waals surface area (Å²) in [6.45, 7) is 0. The van der Waals surface area contributed by atoms with Crippen LogP contribution < -0.4 is 0 Å². The van der Waals surface area contributed by atoms with E-state index in [1.807, 2.05) is 36.4 Å². The molecule has 2 aromatic heterocycles. The average molecular weight is 274 g/mol. The first-order valence-corrected chi connectivity index (χ1v) is 5.73. The van der Waals surface area contributed by atoms with Gasteiger partial charge in [0.1, 0.15) is 5.69 Å². The number of para-hydroxylation sites is 1. The number of aromatic nitrogens is 1. The minimum absolute atomic E-state index is 0.776. The summed E-state index contributed by atoms with van der Waals surface area (Å²) in [5.41, 5.74) is 1.81. The molecule has 3 heteroatoms. The predicted molar refractivity (Wildman–Crippen MR) is 67.1 cm³/mol. The number of furan rings is 1. The third-order valence-electron chi connectivity index (χ3n) is 2.43. The van der Waals surface area contributed by atoms with Crippen molar-refractivity contribution in [2.45, 2.75) is 0 Å². The van der Waals surface area contributed by atoms with Crippen molar-refractivity contribution in [1.82, 2.24) is 4.98 Å². The number of nitrogens with zero attached hydrogens (tertiary/aromatic N) is 1. The summed E-state index contributed by atoms with van der Waals surface area (Å²) in [4.78, 5) is 4.58. The summed E-state index contributed by atoms with van der Waals surface area (Å²) < 4.78 is 6.30. The van der Waals surface area contributed by atoms with E-state index in [2.05, 4.69) is 27.0 Å². The molecule has 2 heterocycles. The summed E-state index contributed by atoms with van der Waals surface area (Å²) >= 11 is 3.52. The van der Waals surface area contributed by atoms with Gasteiger partial charge in [0.2, 0.25) is 0 Å². The van der Waals surface area contributed by atoms with Crippen molar-refractivity contribution in [3.8, 4) is 11.5 Å². The summed E-state index contributed by atoms with van der Waals surface area (Å²) in [5.74, 6) is 0.776. The molecule has 0 N–H and O–H groups in total. The minimum Gasteiger partial charge on any atom is -0.463 e. The molecule has 0 aliphatic rings. The van der Waals surface area contributed by atoms with Gasteiger partial charge in [-0.2, -0.15) is 0 Å². The number of pyridine rings is 1. The molecule has 0 aliphatic heterocycles. The summed E-state index contributed by atoms with van der Waals surface area (Å²) in [6, 6.07) is 13.8. The Labute approximate surface area is 101 Å². The molecule has 0 radical (unpaired) electrons. The van der Waals surface area contributed by atoms with Crippen molar-refractivity contribution in [2.75, 3.05) is 0 Å². The van der Waals surface area contributed by atoms with Crippen molar-refractivity contribution in [1.29, 1.82) is 0 Å². The Kier molecular flexibility index (Phi) is 2.26. The van der Waals surface area contributed by atoms with E-state index in [0.29, 0.717) is 0 Å². The van der Waals surface area contributed by atoms with Crippen molar-refractivity contribution in [3.05, 3.63) is 53.2 Å². The zero-order chi connectivity index (χ0) is 11.0. The van der Waals surface area contributed by atoms with Gasteiger partial charge in [-0.05, 0) is 40.2 Å². The molecule has 1 aromatic carbocycles. The SMILES string of the molecule is Brc1cc2ccccc2nc1-c1ccco1. The molecule has 0 saturated carbocycles. The Bertz CT molecular complexity index is 631. The van der Waals surface area contributed by atoms with E-state index >= 15 is 0 Å². The molecule has 0 fully saturated rings. The molecule has 3 rings (SSSR count). The van der Waals surface area contributed by atoms with E-state index in [-0.39, 0.29) is 0 Å². The van der Waals surface area contributed by atoms with E-state index in [9.17, 15) is 0 Å². The molecule has 0 unspecified atom stereocenters. The Balaban J connectivity index is 2.30. The zero-order valence-corrected chi connectivity index (χ0v) is 9.94. The smallest absolute Gasteiger partial charge is 0.153 e.